The van der Waals surface area contributed by atoms with E-state index in [1.807, 2.05) is 12.1 Å². The van der Waals surface area contributed by atoms with Crippen LogP contribution in [0, 0.1) is 5.92 Å². The summed E-state index contributed by atoms with van der Waals surface area (Å²) in [6.45, 7) is 0.548. The minimum absolute atomic E-state index is 0.0929. The molecule has 1 aromatic carbocycles. The fourth-order valence-corrected chi connectivity index (χ4v) is 2.43. The molecule has 4 N–H and O–H groups in total. The Morgan fingerprint density at radius 3 is 3.00 bits per heavy atom. The van der Waals surface area contributed by atoms with Crippen molar-refractivity contribution < 1.29 is 0 Å². The number of rotatable bonds is 3. The fraction of sp³-hybridized carbons (Fsp3) is 0.385. The molecule has 16 heavy (non-hydrogen) atoms. The standard InChI is InChI=1S/C13H17ClN2/c14-13-3-1-2-10-6-9(4-5-12(10)13)7-11(16)8-15/h1-5,9,11H,6-8,15-16H2. The van der Waals surface area contributed by atoms with Crippen molar-refractivity contribution >= 4 is 17.7 Å². The van der Waals surface area contributed by atoms with Crippen LogP contribution in [-0.2, 0) is 6.42 Å². The third-order valence-corrected chi connectivity index (χ3v) is 3.40. The van der Waals surface area contributed by atoms with Crippen molar-refractivity contribution in [1.82, 2.24) is 0 Å². The number of allylic oxidation sites excluding steroid dienone is 1. The van der Waals surface area contributed by atoms with Crippen LogP contribution in [0.2, 0.25) is 5.02 Å². The second kappa shape index (κ2) is 5.00. The minimum Gasteiger partial charge on any atom is -0.329 e. The Morgan fingerprint density at radius 1 is 1.44 bits per heavy atom. The molecule has 86 valence electrons. The van der Waals surface area contributed by atoms with E-state index in [1.54, 1.807) is 0 Å². The van der Waals surface area contributed by atoms with E-state index in [0.29, 0.717) is 12.5 Å². The van der Waals surface area contributed by atoms with Crippen molar-refractivity contribution in [2.24, 2.45) is 17.4 Å². The summed E-state index contributed by atoms with van der Waals surface area (Å²) in [7, 11) is 0. The zero-order valence-corrected chi connectivity index (χ0v) is 9.95. The molecule has 0 fully saturated rings. The number of hydrogen-bond donors (Lipinski definition) is 2. The summed E-state index contributed by atoms with van der Waals surface area (Å²) in [6.07, 6.45) is 6.26. The molecule has 0 saturated heterocycles. The van der Waals surface area contributed by atoms with Gasteiger partial charge >= 0.3 is 0 Å². The van der Waals surface area contributed by atoms with Gasteiger partial charge in [-0.05, 0) is 36.0 Å². The highest BCUT2D eigenvalue weighted by molar-refractivity contribution is 6.32. The average molecular weight is 237 g/mol. The van der Waals surface area contributed by atoms with Crippen molar-refractivity contribution in [3.8, 4) is 0 Å². The predicted molar refractivity (Wildman–Crippen MR) is 69.3 cm³/mol. The molecule has 0 radical (unpaired) electrons. The molecule has 2 rings (SSSR count). The van der Waals surface area contributed by atoms with Gasteiger partial charge in [0.1, 0.15) is 0 Å². The monoisotopic (exact) mass is 236 g/mol. The van der Waals surface area contributed by atoms with Crippen LogP contribution in [-0.4, -0.2) is 12.6 Å². The Morgan fingerprint density at radius 2 is 2.25 bits per heavy atom. The van der Waals surface area contributed by atoms with E-state index >= 15 is 0 Å². The smallest absolute Gasteiger partial charge is 0.0481 e. The average Bonchev–Trinajstić information content (AvgIpc) is 2.29. The van der Waals surface area contributed by atoms with Crippen LogP contribution < -0.4 is 11.5 Å². The Kier molecular flexibility index (Phi) is 3.64. The molecule has 0 aliphatic heterocycles. The van der Waals surface area contributed by atoms with Crippen molar-refractivity contribution in [3.05, 3.63) is 40.4 Å². The zero-order chi connectivity index (χ0) is 11.5. The van der Waals surface area contributed by atoms with Crippen LogP contribution in [0.1, 0.15) is 17.5 Å². The van der Waals surface area contributed by atoms with Gasteiger partial charge in [0.05, 0.1) is 0 Å². The predicted octanol–water partition coefficient (Wildman–Crippen LogP) is 2.20. The molecule has 1 aliphatic carbocycles. The highest BCUT2D eigenvalue weighted by Crippen LogP contribution is 2.30. The van der Waals surface area contributed by atoms with E-state index < -0.39 is 0 Å². The summed E-state index contributed by atoms with van der Waals surface area (Å²) in [5, 5.41) is 0.829. The topological polar surface area (TPSA) is 52.0 Å². The number of hydrogen-bond acceptors (Lipinski definition) is 2. The molecule has 0 aromatic heterocycles. The summed E-state index contributed by atoms with van der Waals surface area (Å²) >= 11 is 6.13. The van der Waals surface area contributed by atoms with Gasteiger partial charge in [0.2, 0.25) is 0 Å². The van der Waals surface area contributed by atoms with E-state index in [2.05, 4.69) is 18.2 Å². The SMILES string of the molecule is NCC(N)CC1C=Cc2c(Cl)cccc2C1. The summed E-state index contributed by atoms with van der Waals surface area (Å²) in [4.78, 5) is 0. The van der Waals surface area contributed by atoms with Crippen LogP contribution in [0.4, 0.5) is 0 Å². The Labute approximate surface area is 101 Å². The third kappa shape index (κ3) is 2.46. The van der Waals surface area contributed by atoms with Gasteiger partial charge in [-0.25, -0.2) is 0 Å². The molecular formula is C13H17ClN2. The van der Waals surface area contributed by atoms with Gasteiger partial charge in [0.15, 0.2) is 0 Å². The quantitative estimate of drug-likeness (QED) is 0.846. The molecule has 0 saturated carbocycles. The first-order valence-electron chi connectivity index (χ1n) is 5.62. The number of fused-ring (bicyclic) bond motifs is 1. The fourth-order valence-electron chi connectivity index (χ4n) is 2.18. The Bertz CT molecular complexity index is 401. The van der Waals surface area contributed by atoms with Gasteiger partial charge in [-0.2, -0.15) is 0 Å². The highest BCUT2D eigenvalue weighted by Gasteiger charge is 2.17. The van der Waals surface area contributed by atoms with Crippen LogP contribution in [0.3, 0.4) is 0 Å². The minimum atomic E-state index is 0.0929. The van der Waals surface area contributed by atoms with Crippen molar-refractivity contribution in [2.75, 3.05) is 6.54 Å². The van der Waals surface area contributed by atoms with Crippen LogP contribution in [0.15, 0.2) is 24.3 Å². The van der Waals surface area contributed by atoms with Gasteiger partial charge < -0.3 is 11.5 Å². The summed E-state index contributed by atoms with van der Waals surface area (Å²) in [5.74, 6) is 0.490. The molecule has 0 amide bonds. The van der Waals surface area contributed by atoms with Crippen molar-refractivity contribution in [2.45, 2.75) is 18.9 Å². The molecule has 1 aromatic rings. The van der Waals surface area contributed by atoms with Gasteiger partial charge in [0.25, 0.3) is 0 Å². The first-order chi connectivity index (χ1) is 7.70. The van der Waals surface area contributed by atoms with E-state index in [1.165, 1.54) is 5.56 Å². The molecule has 1 aliphatic rings. The Balaban J connectivity index is 2.13. The summed E-state index contributed by atoms with van der Waals surface area (Å²) in [6, 6.07) is 6.15. The van der Waals surface area contributed by atoms with Gasteiger partial charge in [-0.15, -0.1) is 0 Å². The molecule has 3 heteroatoms. The van der Waals surface area contributed by atoms with E-state index in [0.717, 1.165) is 23.4 Å². The molecule has 2 nitrogen and oxygen atoms in total. The zero-order valence-electron chi connectivity index (χ0n) is 9.20. The molecule has 2 atom stereocenters. The van der Waals surface area contributed by atoms with Crippen LogP contribution >= 0.6 is 11.6 Å². The number of benzene rings is 1. The van der Waals surface area contributed by atoms with Gasteiger partial charge in [0, 0.05) is 17.6 Å². The highest BCUT2D eigenvalue weighted by atomic mass is 35.5. The van der Waals surface area contributed by atoms with Crippen molar-refractivity contribution in [3.63, 3.8) is 0 Å². The summed E-state index contributed by atoms with van der Waals surface area (Å²) in [5.41, 5.74) is 13.9. The maximum atomic E-state index is 6.13. The van der Waals surface area contributed by atoms with Gasteiger partial charge in [-0.3, -0.25) is 0 Å². The first kappa shape index (κ1) is 11.6. The lowest BCUT2D eigenvalue weighted by atomic mass is 9.86. The van der Waals surface area contributed by atoms with E-state index in [-0.39, 0.29) is 6.04 Å². The maximum absolute atomic E-state index is 6.13. The van der Waals surface area contributed by atoms with Gasteiger partial charge in [-0.1, -0.05) is 35.9 Å². The first-order valence-corrected chi connectivity index (χ1v) is 5.99. The van der Waals surface area contributed by atoms with E-state index in [4.69, 9.17) is 23.1 Å². The second-order valence-corrected chi connectivity index (χ2v) is 4.77. The molecule has 0 heterocycles. The lowest BCUT2D eigenvalue weighted by Gasteiger charge is -2.22. The maximum Gasteiger partial charge on any atom is 0.0481 e. The third-order valence-electron chi connectivity index (χ3n) is 3.07. The van der Waals surface area contributed by atoms with Crippen molar-refractivity contribution in [1.29, 1.82) is 0 Å². The normalized spacial score (nSPS) is 20.6. The molecule has 0 spiro atoms. The number of halogens is 1. The second-order valence-electron chi connectivity index (χ2n) is 4.37. The Hall–Kier alpha value is -0.830. The largest absolute Gasteiger partial charge is 0.329 e. The van der Waals surface area contributed by atoms with Crippen LogP contribution in [0.25, 0.3) is 6.08 Å². The molecule has 0 bridgehead atoms. The van der Waals surface area contributed by atoms with Crippen LogP contribution in [0.5, 0.6) is 0 Å². The summed E-state index contributed by atoms with van der Waals surface area (Å²) < 4.78 is 0. The lowest BCUT2D eigenvalue weighted by Crippen LogP contribution is -2.32. The van der Waals surface area contributed by atoms with E-state index in [9.17, 15) is 0 Å². The molecular weight excluding hydrogens is 220 g/mol. The number of nitrogens with two attached hydrogens (primary N) is 2. The molecule has 2 unspecified atom stereocenters. The lowest BCUT2D eigenvalue weighted by molar-refractivity contribution is 0.503.